The van der Waals surface area contributed by atoms with Crippen molar-refractivity contribution in [3.63, 3.8) is 0 Å². The SMILES string of the molecule is CNC(=S)N(Cc1ccc(Cl)cc1)Cc1cc2cc(C)ccc2[nH]c1=O. The summed E-state index contributed by atoms with van der Waals surface area (Å²) in [6, 6.07) is 15.5. The third-order valence-electron chi connectivity index (χ3n) is 4.23. The fourth-order valence-electron chi connectivity index (χ4n) is 2.86. The minimum absolute atomic E-state index is 0.0960. The van der Waals surface area contributed by atoms with Gasteiger partial charge in [-0.3, -0.25) is 4.79 Å². The van der Waals surface area contributed by atoms with E-state index in [2.05, 4.69) is 16.4 Å². The van der Waals surface area contributed by atoms with Crippen LogP contribution >= 0.6 is 23.8 Å². The van der Waals surface area contributed by atoms with E-state index in [1.54, 1.807) is 7.05 Å². The molecule has 0 unspecified atom stereocenters. The Labute approximate surface area is 162 Å². The number of thiocarbonyl (C=S) groups is 1. The second-order valence-electron chi connectivity index (χ2n) is 6.25. The predicted octanol–water partition coefficient (Wildman–Crippen LogP) is 4.00. The smallest absolute Gasteiger partial charge is 0.253 e. The zero-order valence-electron chi connectivity index (χ0n) is 14.7. The Morgan fingerprint density at radius 3 is 2.58 bits per heavy atom. The van der Waals surface area contributed by atoms with Gasteiger partial charge < -0.3 is 15.2 Å². The summed E-state index contributed by atoms with van der Waals surface area (Å²) in [6.07, 6.45) is 0. The summed E-state index contributed by atoms with van der Waals surface area (Å²) in [7, 11) is 1.78. The number of aryl methyl sites for hydroxylation is 1. The molecule has 4 nitrogen and oxygen atoms in total. The van der Waals surface area contributed by atoms with E-state index in [-0.39, 0.29) is 5.56 Å². The van der Waals surface area contributed by atoms with Crippen LogP contribution in [-0.2, 0) is 13.1 Å². The van der Waals surface area contributed by atoms with Crippen molar-refractivity contribution in [3.8, 4) is 0 Å². The van der Waals surface area contributed by atoms with Crippen molar-refractivity contribution in [2.24, 2.45) is 0 Å². The van der Waals surface area contributed by atoms with Gasteiger partial charge in [0, 0.05) is 29.7 Å². The molecule has 26 heavy (non-hydrogen) atoms. The molecule has 1 aromatic heterocycles. The molecule has 0 bridgehead atoms. The molecular weight excluding hydrogens is 366 g/mol. The van der Waals surface area contributed by atoms with E-state index in [0.717, 1.165) is 22.0 Å². The molecule has 0 fully saturated rings. The van der Waals surface area contributed by atoms with Crippen LogP contribution in [0.25, 0.3) is 10.9 Å². The van der Waals surface area contributed by atoms with Crippen molar-refractivity contribution in [3.05, 3.63) is 80.6 Å². The summed E-state index contributed by atoms with van der Waals surface area (Å²) >= 11 is 11.4. The predicted molar refractivity (Wildman–Crippen MR) is 112 cm³/mol. The van der Waals surface area contributed by atoms with Crippen LogP contribution in [-0.4, -0.2) is 22.0 Å². The topological polar surface area (TPSA) is 48.1 Å². The number of aromatic nitrogens is 1. The Morgan fingerprint density at radius 1 is 1.15 bits per heavy atom. The third-order valence-corrected chi connectivity index (χ3v) is 4.94. The van der Waals surface area contributed by atoms with E-state index in [1.807, 2.05) is 54.3 Å². The highest BCUT2D eigenvalue weighted by Gasteiger charge is 2.13. The second kappa shape index (κ2) is 7.89. The lowest BCUT2D eigenvalue weighted by molar-refractivity contribution is 0.401. The maximum Gasteiger partial charge on any atom is 0.253 e. The Bertz CT molecular complexity index is 998. The van der Waals surface area contributed by atoms with E-state index >= 15 is 0 Å². The molecule has 1 heterocycles. The highest BCUT2D eigenvalue weighted by molar-refractivity contribution is 7.80. The zero-order chi connectivity index (χ0) is 18.7. The van der Waals surface area contributed by atoms with Crippen LogP contribution in [0.1, 0.15) is 16.7 Å². The number of pyridine rings is 1. The van der Waals surface area contributed by atoms with Gasteiger partial charge in [0.05, 0.1) is 6.54 Å². The quantitative estimate of drug-likeness (QED) is 0.666. The average molecular weight is 386 g/mol. The molecule has 0 spiro atoms. The summed E-state index contributed by atoms with van der Waals surface area (Å²) in [6.45, 7) is 3.04. The minimum Gasteiger partial charge on any atom is -0.366 e. The number of halogens is 1. The Kier molecular flexibility index (Phi) is 5.59. The fourth-order valence-corrected chi connectivity index (χ4v) is 3.12. The Morgan fingerprint density at radius 2 is 1.88 bits per heavy atom. The molecule has 3 aromatic rings. The van der Waals surface area contributed by atoms with Crippen LogP contribution in [0.4, 0.5) is 0 Å². The Hall–Kier alpha value is -2.37. The van der Waals surface area contributed by atoms with Crippen LogP contribution < -0.4 is 10.9 Å². The molecule has 2 aromatic carbocycles. The highest BCUT2D eigenvalue weighted by atomic mass is 35.5. The number of hydrogen-bond donors (Lipinski definition) is 2. The maximum atomic E-state index is 12.5. The summed E-state index contributed by atoms with van der Waals surface area (Å²) in [5.74, 6) is 0. The molecule has 0 atom stereocenters. The van der Waals surface area contributed by atoms with Gasteiger partial charge in [-0.1, -0.05) is 35.4 Å². The zero-order valence-corrected chi connectivity index (χ0v) is 16.2. The molecule has 134 valence electrons. The van der Waals surface area contributed by atoms with Crippen molar-refractivity contribution in [1.82, 2.24) is 15.2 Å². The first-order chi connectivity index (χ1) is 12.5. The lowest BCUT2D eigenvalue weighted by Gasteiger charge is -2.25. The summed E-state index contributed by atoms with van der Waals surface area (Å²) in [5.41, 5.74) is 3.64. The van der Waals surface area contributed by atoms with E-state index in [9.17, 15) is 4.79 Å². The third kappa shape index (κ3) is 4.23. The fraction of sp³-hybridized carbons (Fsp3) is 0.200. The standard InChI is InChI=1S/C20H20ClN3OS/c1-13-3-8-18-15(9-13)10-16(19(25)23-18)12-24(20(26)22-2)11-14-4-6-17(21)7-5-14/h3-10H,11-12H2,1-2H3,(H,22,26)(H,23,25). The van der Waals surface area contributed by atoms with Gasteiger partial charge >= 0.3 is 0 Å². The monoisotopic (exact) mass is 385 g/mol. The number of nitrogens with zero attached hydrogens (tertiary/aromatic N) is 1. The van der Waals surface area contributed by atoms with E-state index in [1.165, 1.54) is 0 Å². The van der Waals surface area contributed by atoms with Crippen molar-refractivity contribution >= 4 is 39.8 Å². The number of aromatic amines is 1. The maximum absolute atomic E-state index is 12.5. The van der Waals surface area contributed by atoms with Crippen LogP contribution in [0.5, 0.6) is 0 Å². The lowest BCUT2D eigenvalue weighted by atomic mass is 10.1. The molecule has 3 rings (SSSR count). The van der Waals surface area contributed by atoms with E-state index in [0.29, 0.717) is 28.8 Å². The highest BCUT2D eigenvalue weighted by Crippen LogP contribution is 2.16. The summed E-state index contributed by atoms with van der Waals surface area (Å²) in [4.78, 5) is 17.4. The van der Waals surface area contributed by atoms with Crippen LogP contribution in [0.15, 0.2) is 53.3 Å². The van der Waals surface area contributed by atoms with Crippen molar-refractivity contribution < 1.29 is 0 Å². The number of fused-ring (bicyclic) bond motifs is 1. The minimum atomic E-state index is -0.0960. The number of H-pyrrole nitrogens is 1. The van der Waals surface area contributed by atoms with Gasteiger partial charge in [0.15, 0.2) is 5.11 Å². The summed E-state index contributed by atoms with van der Waals surface area (Å²) in [5, 5.41) is 5.30. The first-order valence-electron chi connectivity index (χ1n) is 8.30. The number of nitrogens with one attached hydrogen (secondary N) is 2. The number of rotatable bonds is 4. The molecule has 0 aliphatic heterocycles. The van der Waals surface area contributed by atoms with Crippen molar-refractivity contribution in [2.75, 3.05) is 7.05 Å². The van der Waals surface area contributed by atoms with Crippen LogP contribution in [0.3, 0.4) is 0 Å². The van der Waals surface area contributed by atoms with E-state index < -0.39 is 0 Å². The van der Waals surface area contributed by atoms with Crippen molar-refractivity contribution in [2.45, 2.75) is 20.0 Å². The molecule has 0 saturated heterocycles. The van der Waals surface area contributed by atoms with Gasteiger partial charge in [-0.25, -0.2) is 0 Å². The molecule has 0 aliphatic carbocycles. The van der Waals surface area contributed by atoms with Gasteiger partial charge in [-0.2, -0.15) is 0 Å². The lowest BCUT2D eigenvalue weighted by Crippen LogP contribution is -2.38. The number of hydrogen-bond acceptors (Lipinski definition) is 2. The summed E-state index contributed by atoms with van der Waals surface area (Å²) < 4.78 is 0. The van der Waals surface area contributed by atoms with Crippen LogP contribution in [0.2, 0.25) is 5.02 Å². The molecule has 6 heteroatoms. The largest absolute Gasteiger partial charge is 0.366 e. The molecule has 0 radical (unpaired) electrons. The molecule has 2 N–H and O–H groups in total. The van der Waals surface area contributed by atoms with Crippen LogP contribution in [0, 0.1) is 6.92 Å². The second-order valence-corrected chi connectivity index (χ2v) is 7.08. The molecular formula is C20H20ClN3OS. The van der Waals surface area contributed by atoms with E-state index in [4.69, 9.17) is 23.8 Å². The van der Waals surface area contributed by atoms with Gasteiger partial charge in [-0.15, -0.1) is 0 Å². The molecule has 0 saturated carbocycles. The van der Waals surface area contributed by atoms with Gasteiger partial charge in [0.1, 0.15) is 0 Å². The van der Waals surface area contributed by atoms with Gasteiger partial charge in [0.25, 0.3) is 5.56 Å². The Balaban J connectivity index is 1.92. The first kappa shape index (κ1) is 18.4. The normalized spacial score (nSPS) is 10.7. The first-order valence-corrected chi connectivity index (χ1v) is 9.08. The van der Waals surface area contributed by atoms with Crippen molar-refractivity contribution in [1.29, 1.82) is 0 Å². The number of benzene rings is 2. The van der Waals surface area contributed by atoms with Gasteiger partial charge in [-0.05, 0) is 60.4 Å². The molecule has 0 amide bonds. The molecule has 0 aliphatic rings. The van der Waals surface area contributed by atoms with Gasteiger partial charge in [0.2, 0.25) is 0 Å². The average Bonchev–Trinajstić information content (AvgIpc) is 2.63.